The molecule has 1 fully saturated rings. The summed E-state index contributed by atoms with van der Waals surface area (Å²) in [5, 5.41) is 7.18. The molecule has 4 aromatic rings. The van der Waals surface area contributed by atoms with E-state index < -0.39 is 5.41 Å². The molecule has 0 bridgehead atoms. The van der Waals surface area contributed by atoms with Gasteiger partial charge in [0.1, 0.15) is 0 Å². The van der Waals surface area contributed by atoms with Crippen LogP contribution in [0.3, 0.4) is 0 Å². The van der Waals surface area contributed by atoms with Crippen molar-refractivity contribution < 1.29 is 9.59 Å². The third-order valence-corrected chi connectivity index (χ3v) is 7.36. The number of hydrogen-bond acceptors (Lipinski definition) is 4. The molecule has 5 rings (SSSR count). The van der Waals surface area contributed by atoms with E-state index in [2.05, 4.69) is 15.6 Å². The Hall–Kier alpha value is -3.22. The Kier molecular flexibility index (Phi) is 5.43. The highest BCUT2D eigenvalue weighted by Gasteiger charge is 2.51. The van der Waals surface area contributed by atoms with Crippen molar-refractivity contribution in [3.63, 3.8) is 0 Å². The first-order valence-corrected chi connectivity index (χ1v) is 11.9. The molecule has 0 aliphatic heterocycles. The quantitative estimate of drug-likeness (QED) is 0.346. The second-order valence-electron chi connectivity index (χ2n) is 8.47. The third-order valence-electron chi connectivity index (χ3n) is 6.17. The summed E-state index contributed by atoms with van der Waals surface area (Å²) in [5.74, 6) is -0.232. The van der Waals surface area contributed by atoms with E-state index in [1.165, 1.54) is 11.3 Å². The highest BCUT2D eigenvalue weighted by atomic mass is 35.5. The van der Waals surface area contributed by atoms with Crippen LogP contribution < -0.4 is 10.6 Å². The van der Waals surface area contributed by atoms with Gasteiger partial charge in [-0.1, -0.05) is 53.3 Å². The van der Waals surface area contributed by atoms with Gasteiger partial charge in [-0.3, -0.25) is 9.59 Å². The number of aromatic nitrogens is 1. The SMILES string of the molecule is Cc1cccc(C)c1NC(=O)c1ccc2nc(NC(=O)C3(c4ccc(Cl)cc4)CC3)sc2c1. The molecular weight excluding hydrogens is 454 g/mol. The number of rotatable bonds is 5. The van der Waals surface area contributed by atoms with Crippen LogP contribution in [0.5, 0.6) is 0 Å². The maximum absolute atomic E-state index is 13.1. The molecule has 33 heavy (non-hydrogen) atoms. The van der Waals surface area contributed by atoms with Crippen molar-refractivity contribution in [3.05, 3.63) is 87.9 Å². The first-order chi connectivity index (χ1) is 15.9. The van der Waals surface area contributed by atoms with Gasteiger partial charge < -0.3 is 10.6 Å². The lowest BCUT2D eigenvalue weighted by atomic mass is 9.95. The van der Waals surface area contributed by atoms with Crippen LogP contribution in [0.4, 0.5) is 10.8 Å². The minimum Gasteiger partial charge on any atom is -0.322 e. The summed E-state index contributed by atoms with van der Waals surface area (Å²) in [6.07, 6.45) is 1.60. The molecule has 3 aromatic carbocycles. The summed E-state index contributed by atoms with van der Waals surface area (Å²) < 4.78 is 0.843. The molecule has 2 N–H and O–H groups in total. The number of halogens is 1. The van der Waals surface area contributed by atoms with Crippen LogP contribution in [0, 0.1) is 13.8 Å². The van der Waals surface area contributed by atoms with E-state index in [9.17, 15) is 9.59 Å². The third kappa shape index (κ3) is 4.12. The smallest absolute Gasteiger partial charge is 0.255 e. The first kappa shape index (κ1) is 21.6. The number of benzene rings is 3. The van der Waals surface area contributed by atoms with Gasteiger partial charge in [-0.15, -0.1) is 0 Å². The highest BCUT2D eigenvalue weighted by molar-refractivity contribution is 7.22. The van der Waals surface area contributed by atoms with Crippen LogP contribution in [-0.2, 0) is 10.2 Å². The molecule has 166 valence electrons. The van der Waals surface area contributed by atoms with E-state index in [4.69, 9.17) is 11.6 Å². The Bertz CT molecular complexity index is 1370. The molecule has 0 unspecified atom stereocenters. The Morgan fingerprint density at radius 1 is 0.970 bits per heavy atom. The van der Waals surface area contributed by atoms with Crippen LogP contribution in [0.25, 0.3) is 10.2 Å². The topological polar surface area (TPSA) is 71.1 Å². The molecule has 0 atom stereocenters. The van der Waals surface area contributed by atoms with E-state index in [0.29, 0.717) is 15.7 Å². The standard InChI is InChI=1S/C26H22ClN3O2S/c1-15-4-3-5-16(2)22(15)29-23(31)17-6-11-20-21(14-17)33-25(28-20)30-24(32)26(12-13-26)18-7-9-19(27)10-8-18/h3-11,14H,12-13H2,1-2H3,(H,29,31)(H,28,30,32). The summed E-state index contributed by atoms with van der Waals surface area (Å²) in [6.45, 7) is 3.95. The summed E-state index contributed by atoms with van der Waals surface area (Å²) in [5.41, 5.74) is 4.61. The number of amides is 2. The number of anilines is 2. The molecule has 1 aromatic heterocycles. The molecule has 0 saturated heterocycles. The minimum atomic E-state index is -0.515. The van der Waals surface area contributed by atoms with Crippen LogP contribution in [0.15, 0.2) is 60.7 Å². The Balaban J connectivity index is 1.35. The van der Waals surface area contributed by atoms with Gasteiger partial charge in [0, 0.05) is 16.3 Å². The number of carbonyl (C=O) groups excluding carboxylic acids is 2. The van der Waals surface area contributed by atoms with Crippen molar-refractivity contribution in [2.45, 2.75) is 32.1 Å². The first-order valence-electron chi connectivity index (χ1n) is 10.7. The van der Waals surface area contributed by atoms with Crippen molar-refractivity contribution in [1.29, 1.82) is 0 Å². The van der Waals surface area contributed by atoms with E-state index in [1.807, 2.05) is 68.4 Å². The van der Waals surface area contributed by atoms with Crippen LogP contribution in [-0.4, -0.2) is 16.8 Å². The Morgan fingerprint density at radius 2 is 1.67 bits per heavy atom. The maximum Gasteiger partial charge on any atom is 0.255 e. The predicted octanol–water partition coefficient (Wildman–Crippen LogP) is 6.49. The van der Waals surface area contributed by atoms with Gasteiger partial charge >= 0.3 is 0 Å². The van der Waals surface area contributed by atoms with Gasteiger partial charge in [0.15, 0.2) is 5.13 Å². The molecule has 1 heterocycles. The van der Waals surface area contributed by atoms with Crippen molar-refractivity contribution in [1.82, 2.24) is 4.98 Å². The van der Waals surface area contributed by atoms with Crippen molar-refractivity contribution in [3.8, 4) is 0 Å². The summed E-state index contributed by atoms with van der Waals surface area (Å²) >= 11 is 7.36. The van der Waals surface area contributed by atoms with Gasteiger partial charge in [0.05, 0.1) is 15.6 Å². The number of hydrogen-bond donors (Lipinski definition) is 2. The molecule has 0 spiro atoms. The van der Waals surface area contributed by atoms with Gasteiger partial charge in [0.25, 0.3) is 5.91 Å². The molecule has 1 aliphatic carbocycles. The zero-order valence-electron chi connectivity index (χ0n) is 18.2. The normalized spacial score (nSPS) is 14.2. The molecule has 1 aliphatic rings. The van der Waals surface area contributed by atoms with Gasteiger partial charge in [-0.05, 0) is 73.7 Å². The molecule has 0 radical (unpaired) electrons. The average molecular weight is 476 g/mol. The van der Waals surface area contributed by atoms with Crippen molar-refractivity contribution in [2.75, 3.05) is 10.6 Å². The molecule has 7 heteroatoms. The van der Waals surface area contributed by atoms with Crippen molar-refractivity contribution >= 4 is 55.8 Å². The van der Waals surface area contributed by atoms with Gasteiger partial charge in [0.2, 0.25) is 5.91 Å². The van der Waals surface area contributed by atoms with E-state index >= 15 is 0 Å². The maximum atomic E-state index is 13.1. The zero-order valence-corrected chi connectivity index (χ0v) is 19.8. The summed E-state index contributed by atoms with van der Waals surface area (Å²) in [6, 6.07) is 18.7. The number of aryl methyl sites for hydroxylation is 2. The van der Waals surface area contributed by atoms with E-state index in [1.54, 1.807) is 6.07 Å². The second kappa shape index (κ2) is 8.28. The fourth-order valence-corrected chi connectivity index (χ4v) is 5.10. The monoisotopic (exact) mass is 475 g/mol. The molecular formula is C26H22ClN3O2S. The largest absolute Gasteiger partial charge is 0.322 e. The van der Waals surface area contributed by atoms with Gasteiger partial charge in [-0.2, -0.15) is 0 Å². The lowest BCUT2D eigenvalue weighted by Crippen LogP contribution is -2.27. The summed E-state index contributed by atoms with van der Waals surface area (Å²) in [7, 11) is 0. The number of thiazole rings is 1. The van der Waals surface area contributed by atoms with E-state index in [0.717, 1.165) is 45.4 Å². The lowest BCUT2D eigenvalue weighted by molar-refractivity contribution is -0.118. The van der Waals surface area contributed by atoms with Crippen LogP contribution in [0.2, 0.25) is 5.02 Å². The van der Waals surface area contributed by atoms with Gasteiger partial charge in [-0.25, -0.2) is 4.98 Å². The second-order valence-corrected chi connectivity index (χ2v) is 9.93. The number of nitrogens with one attached hydrogen (secondary N) is 2. The number of carbonyl (C=O) groups is 2. The Morgan fingerprint density at radius 3 is 2.33 bits per heavy atom. The number of para-hydroxylation sites is 1. The van der Waals surface area contributed by atoms with E-state index in [-0.39, 0.29) is 11.8 Å². The predicted molar refractivity (Wildman–Crippen MR) is 134 cm³/mol. The molecule has 2 amide bonds. The van der Waals surface area contributed by atoms with Crippen LogP contribution >= 0.6 is 22.9 Å². The fourth-order valence-electron chi connectivity index (χ4n) is 4.07. The Labute approximate surface area is 200 Å². The minimum absolute atomic E-state index is 0.0585. The average Bonchev–Trinajstić information content (AvgIpc) is 3.51. The summed E-state index contributed by atoms with van der Waals surface area (Å²) in [4.78, 5) is 30.5. The fraction of sp³-hybridized carbons (Fsp3) is 0.192. The lowest BCUT2D eigenvalue weighted by Gasteiger charge is -2.14. The molecule has 5 nitrogen and oxygen atoms in total. The van der Waals surface area contributed by atoms with Crippen LogP contribution in [0.1, 0.15) is 39.9 Å². The number of nitrogens with zero attached hydrogens (tertiary/aromatic N) is 1. The highest BCUT2D eigenvalue weighted by Crippen LogP contribution is 2.49. The number of fused-ring (bicyclic) bond motifs is 1. The molecule has 1 saturated carbocycles. The van der Waals surface area contributed by atoms with Crippen molar-refractivity contribution in [2.24, 2.45) is 0 Å². The zero-order chi connectivity index (χ0) is 23.2.